The van der Waals surface area contributed by atoms with Gasteiger partial charge in [0.05, 0.1) is 5.70 Å². The fourth-order valence-corrected chi connectivity index (χ4v) is 3.53. The maximum Gasteiger partial charge on any atom is 0.291 e. The average molecular weight is 365 g/mol. The van der Waals surface area contributed by atoms with E-state index in [2.05, 4.69) is 5.32 Å². The number of carbonyl (C=O) groups is 2. The summed E-state index contributed by atoms with van der Waals surface area (Å²) in [6.45, 7) is 1.89. The molecule has 3 aromatic rings. The second-order valence-corrected chi connectivity index (χ2v) is 6.97. The maximum atomic E-state index is 11.7. The number of carbonyl (C=O) groups excluding carboxylic acids is 2. The van der Waals surface area contributed by atoms with Gasteiger partial charge in [0, 0.05) is 22.7 Å². The molecule has 0 spiro atoms. The molecule has 2 aromatic carbocycles. The Hall–Kier alpha value is -2.83. The first-order chi connectivity index (χ1) is 12.5. The lowest BCUT2D eigenvalue weighted by Gasteiger charge is -2.08. The largest absolute Gasteiger partial charge is 0.458 e. The molecule has 0 saturated carbocycles. The quantitative estimate of drug-likeness (QED) is 0.682. The van der Waals surface area contributed by atoms with E-state index in [1.165, 1.54) is 0 Å². The lowest BCUT2D eigenvalue weighted by molar-refractivity contribution is -0.107. The molecule has 1 unspecified atom stereocenters. The molecule has 26 heavy (non-hydrogen) atoms. The van der Waals surface area contributed by atoms with Crippen LogP contribution in [0.4, 0.5) is 4.79 Å². The molecule has 4 rings (SSSR count). The zero-order chi connectivity index (χ0) is 18.3. The molecule has 0 aliphatic carbocycles. The topological polar surface area (TPSA) is 79.5 Å². The van der Waals surface area contributed by atoms with E-state index in [-0.39, 0.29) is 16.1 Å². The molecule has 1 fully saturated rings. The molecular weight excluding hydrogens is 350 g/mol. The van der Waals surface area contributed by atoms with E-state index >= 15 is 0 Å². The summed E-state index contributed by atoms with van der Waals surface area (Å²) in [5.74, 6) is 0.497. The van der Waals surface area contributed by atoms with Crippen LogP contribution in [0.25, 0.3) is 17.0 Å². The third-order valence-corrected chi connectivity index (χ3v) is 5.01. The Kier molecular flexibility index (Phi) is 4.14. The Morgan fingerprint density at radius 1 is 1.15 bits per heavy atom. The van der Waals surface area contributed by atoms with Crippen LogP contribution in [0.5, 0.6) is 0 Å². The lowest BCUT2D eigenvalue weighted by Crippen LogP contribution is -2.10. The first-order valence-electron chi connectivity index (χ1n) is 8.04. The van der Waals surface area contributed by atoms with Crippen molar-refractivity contribution in [2.24, 2.45) is 0 Å². The minimum atomic E-state index is -0.850. The molecule has 0 radical (unpaired) electrons. The third-order valence-electron chi connectivity index (χ3n) is 4.31. The predicted octanol–water partition coefficient (Wildman–Crippen LogP) is 4.15. The minimum absolute atomic E-state index is 0.269. The van der Waals surface area contributed by atoms with Gasteiger partial charge in [0.15, 0.2) is 0 Å². The number of amides is 1. The van der Waals surface area contributed by atoms with E-state index < -0.39 is 6.10 Å². The van der Waals surface area contributed by atoms with Gasteiger partial charge in [-0.1, -0.05) is 36.4 Å². The lowest BCUT2D eigenvalue weighted by atomic mass is 10.0. The van der Waals surface area contributed by atoms with Crippen molar-refractivity contribution < 1.29 is 19.1 Å². The summed E-state index contributed by atoms with van der Waals surface area (Å²) in [4.78, 5) is 23.0. The van der Waals surface area contributed by atoms with Crippen LogP contribution in [0.2, 0.25) is 0 Å². The van der Waals surface area contributed by atoms with Crippen LogP contribution in [0.15, 0.2) is 58.6 Å². The van der Waals surface area contributed by atoms with E-state index in [1.54, 1.807) is 18.2 Å². The highest BCUT2D eigenvalue weighted by molar-refractivity contribution is 8.27. The summed E-state index contributed by atoms with van der Waals surface area (Å²) >= 11 is 0.651. The second-order valence-electron chi connectivity index (χ2n) is 6.02. The highest BCUT2D eigenvalue weighted by atomic mass is 32.2. The average Bonchev–Trinajstić information content (AvgIpc) is 3.14. The van der Waals surface area contributed by atoms with Gasteiger partial charge in [-0.05, 0) is 36.3 Å². The standard InChI is InChI=1S/C20H15NO4S/c1-11-14-9-12(10-15-19(23)26-20(24)21-15)7-8-16(14)25-18(11)17(22)13-5-3-2-4-6-13/h2-10,17,22H,1H3,(H,21,24). The van der Waals surface area contributed by atoms with Crippen molar-refractivity contribution in [1.29, 1.82) is 0 Å². The summed E-state index contributed by atoms with van der Waals surface area (Å²) in [6, 6.07) is 14.8. The molecule has 5 nitrogen and oxygen atoms in total. The van der Waals surface area contributed by atoms with Gasteiger partial charge in [-0.3, -0.25) is 9.59 Å². The van der Waals surface area contributed by atoms with E-state index in [1.807, 2.05) is 43.3 Å². The molecule has 1 aliphatic heterocycles. The number of benzene rings is 2. The fourth-order valence-electron chi connectivity index (χ4n) is 2.98. The van der Waals surface area contributed by atoms with Gasteiger partial charge >= 0.3 is 0 Å². The smallest absolute Gasteiger partial charge is 0.291 e. The van der Waals surface area contributed by atoms with Crippen molar-refractivity contribution in [2.45, 2.75) is 13.0 Å². The molecule has 1 atom stereocenters. The third kappa shape index (κ3) is 2.94. The Labute approximate surface area is 153 Å². The first-order valence-corrected chi connectivity index (χ1v) is 8.85. The highest BCUT2D eigenvalue weighted by Crippen LogP contribution is 2.33. The molecule has 6 heteroatoms. The first kappa shape index (κ1) is 16.6. The van der Waals surface area contributed by atoms with Crippen molar-refractivity contribution in [3.63, 3.8) is 0 Å². The van der Waals surface area contributed by atoms with Gasteiger partial charge in [0.2, 0.25) is 5.12 Å². The fraction of sp³-hybridized carbons (Fsp3) is 0.100. The SMILES string of the molecule is Cc1c(C(O)c2ccccc2)oc2ccc(C=C3NC(=O)SC3=O)cc12. The number of hydrogen-bond donors (Lipinski definition) is 2. The monoisotopic (exact) mass is 365 g/mol. The molecule has 130 valence electrons. The maximum absolute atomic E-state index is 11.7. The number of aliphatic hydroxyl groups excluding tert-OH is 1. The number of aliphatic hydroxyl groups is 1. The van der Waals surface area contributed by atoms with Gasteiger partial charge in [0.1, 0.15) is 17.4 Å². The summed E-state index contributed by atoms with van der Waals surface area (Å²) in [6.07, 6.45) is 0.789. The summed E-state index contributed by atoms with van der Waals surface area (Å²) in [5.41, 5.74) is 3.30. The molecule has 2 N–H and O–H groups in total. The van der Waals surface area contributed by atoms with Gasteiger partial charge < -0.3 is 14.8 Å². The number of thioether (sulfide) groups is 1. The van der Waals surface area contributed by atoms with Crippen LogP contribution in [0.1, 0.15) is 28.6 Å². The van der Waals surface area contributed by atoms with Crippen molar-refractivity contribution >= 4 is 39.2 Å². The number of rotatable bonds is 3. The molecule has 1 aromatic heterocycles. The highest BCUT2D eigenvalue weighted by Gasteiger charge is 2.25. The Bertz CT molecular complexity index is 1050. The number of furan rings is 1. The van der Waals surface area contributed by atoms with Crippen LogP contribution >= 0.6 is 11.8 Å². The molecular formula is C20H15NO4S. The second kappa shape index (κ2) is 6.48. The van der Waals surface area contributed by atoms with E-state index in [9.17, 15) is 14.7 Å². The van der Waals surface area contributed by atoms with Gasteiger partial charge in [-0.15, -0.1) is 0 Å². The number of hydrogen-bond acceptors (Lipinski definition) is 5. The Balaban J connectivity index is 1.73. The van der Waals surface area contributed by atoms with E-state index in [0.29, 0.717) is 23.1 Å². The van der Waals surface area contributed by atoms with E-state index in [4.69, 9.17) is 4.42 Å². The molecule has 0 bridgehead atoms. The Morgan fingerprint density at radius 2 is 1.92 bits per heavy atom. The zero-order valence-electron chi connectivity index (χ0n) is 13.9. The van der Waals surface area contributed by atoms with Crippen molar-refractivity contribution in [3.05, 3.63) is 76.7 Å². The molecule has 1 amide bonds. The van der Waals surface area contributed by atoms with Gasteiger partial charge in [-0.25, -0.2) is 0 Å². The zero-order valence-corrected chi connectivity index (χ0v) is 14.7. The normalized spacial score (nSPS) is 17.1. The van der Waals surface area contributed by atoms with Crippen LogP contribution in [0.3, 0.4) is 0 Å². The van der Waals surface area contributed by atoms with Gasteiger partial charge in [-0.2, -0.15) is 0 Å². The predicted molar refractivity (Wildman–Crippen MR) is 101 cm³/mol. The molecule has 1 aliphatic rings. The minimum Gasteiger partial charge on any atom is -0.458 e. The summed E-state index contributed by atoms with van der Waals surface area (Å²) in [5, 5.41) is 13.4. The Morgan fingerprint density at radius 3 is 2.62 bits per heavy atom. The number of fused-ring (bicyclic) bond motifs is 1. The van der Waals surface area contributed by atoms with Crippen LogP contribution in [-0.4, -0.2) is 15.5 Å². The number of nitrogens with one attached hydrogen (secondary N) is 1. The van der Waals surface area contributed by atoms with Crippen LogP contribution in [0, 0.1) is 6.92 Å². The van der Waals surface area contributed by atoms with Crippen molar-refractivity contribution in [3.8, 4) is 0 Å². The summed E-state index contributed by atoms with van der Waals surface area (Å²) in [7, 11) is 0. The van der Waals surface area contributed by atoms with Crippen molar-refractivity contribution in [1.82, 2.24) is 5.32 Å². The van der Waals surface area contributed by atoms with E-state index in [0.717, 1.165) is 22.1 Å². The van der Waals surface area contributed by atoms with Crippen molar-refractivity contribution in [2.75, 3.05) is 0 Å². The molecule has 1 saturated heterocycles. The van der Waals surface area contributed by atoms with Crippen LogP contribution < -0.4 is 5.32 Å². The van der Waals surface area contributed by atoms with Crippen LogP contribution in [-0.2, 0) is 4.79 Å². The molecule has 2 heterocycles. The van der Waals surface area contributed by atoms with Gasteiger partial charge in [0.25, 0.3) is 5.24 Å². The number of aryl methyl sites for hydroxylation is 1. The summed E-state index contributed by atoms with van der Waals surface area (Å²) < 4.78 is 5.87.